The van der Waals surface area contributed by atoms with Crippen LogP contribution in [0.1, 0.15) is 31.4 Å². The summed E-state index contributed by atoms with van der Waals surface area (Å²) in [5.41, 5.74) is -0.372. The van der Waals surface area contributed by atoms with Gasteiger partial charge in [-0.1, -0.05) is 12.1 Å². The Bertz CT molecular complexity index is 598. The van der Waals surface area contributed by atoms with Crippen LogP contribution in [0.25, 0.3) is 0 Å². The second kappa shape index (κ2) is 6.60. The Hall–Kier alpha value is -2.05. The molecule has 0 spiro atoms. The van der Waals surface area contributed by atoms with Crippen LogP contribution in [0, 0.1) is 5.92 Å². The van der Waals surface area contributed by atoms with E-state index < -0.39 is 23.6 Å². The molecule has 1 aromatic carbocycles. The number of rotatable bonds is 4. The van der Waals surface area contributed by atoms with Crippen LogP contribution >= 0.6 is 0 Å². The van der Waals surface area contributed by atoms with Crippen LogP contribution in [-0.4, -0.2) is 29.4 Å². The van der Waals surface area contributed by atoms with Crippen molar-refractivity contribution in [3.05, 3.63) is 35.4 Å². The maximum atomic E-state index is 12.7. The van der Waals surface area contributed by atoms with Crippen LogP contribution < -0.4 is 0 Å². The highest BCUT2D eigenvalue weighted by Crippen LogP contribution is 2.30. The van der Waals surface area contributed by atoms with Crippen molar-refractivity contribution in [2.75, 3.05) is 6.54 Å². The van der Waals surface area contributed by atoms with Gasteiger partial charge in [-0.25, -0.2) is 0 Å². The molecule has 0 aromatic heterocycles. The van der Waals surface area contributed by atoms with E-state index in [0.29, 0.717) is 5.56 Å². The monoisotopic (exact) mass is 329 g/mol. The number of hydrogen-bond donors (Lipinski definition) is 0. The van der Waals surface area contributed by atoms with E-state index in [1.54, 1.807) is 13.8 Å². The molecule has 2 rings (SSSR count). The Morgan fingerprint density at radius 3 is 2.70 bits per heavy atom. The minimum absolute atomic E-state index is 0.0323. The lowest BCUT2D eigenvalue weighted by Gasteiger charge is -2.18. The Labute approximate surface area is 132 Å². The molecule has 0 saturated carbocycles. The van der Waals surface area contributed by atoms with E-state index in [1.807, 2.05) is 0 Å². The van der Waals surface area contributed by atoms with E-state index in [4.69, 9.17) is 4.74 Å². The van der Waals surface area contributed by atoms with Gasteiger partial charge in [0.05, 0.1) is 17.6 Å². The summed E-state index contributed by atoms with van der Waals surface area (Å²) < 4.78 is 43.2. The molecule has 0 aliphatic carbocycles. The van der Waals surface area contributed by atoms with Gasteiger partial charge in [-0.05, 0) is 31.5 Å². The molecule has 126 valence electrons. The van der Waals surface area contributed by atoms with Gasteiger partial charge in [-0.15, -0.1) is 0 Å². The fourth-order valence-corrected chi connectivity index (χ4v) is 2.48. The Morgan fingerprint density at radius 1 is 1.39 bits per heavy atom. The summed E-state index contributed by atoms with van der Waals surface area (Å²) in [4.78, 5) is 25.2. The molecular weight excluding hydrogens is 311 g/mol. The molecule has 1 heterocycles. The van der Waals surface area contributed by atoms with Crippen molar-refractivity contribution < 1.29 is 27.5 Å². The molecule has 1 aliphatic rings. The second-order valence-corrected chi connectivity index (χ2v) is 5.86. The predicted octanol–water partition coefficient (Wildman–Crippen LogP) is 3.01. The fraction of sp³-hybridized carbons (Fsp3) is 0.500. The summed E-state index contributed by atoms with van der Waals surface area (Å²) in [6.07, 6.45) is -4.66. The van der Waals surface area contributed by atoms with Gasteiger partial charge in [0, 0.05) is 19.5 Å². The number of carbonyl (C=O) groups excluding carboxylic acids is 2. The summed E-state index contributed by atoms with van der Waals surface area (Å²) in [6, 6.07) is 4.84. The van der Waals surface area contributed by atoms with Crippen molar-refractivity contribution in [3.63, 3.8) is 0 Å². The first-order valence-corrected chi connectivity index (χ1v) is 7.31. The average Bonchev–Trinajstić information content (AvgIpc) is 2.79. The number of alkyl halides is 3. The number of likely N-dealkylation sites (tertiary alicyclic amines) is 1. The fourth-order valence-electron chi connectivity index (χ4n) is 2.48. The number of nitrogens with zero attached hydrogens (tertiary/aromatic N) is 1. The Balaban J connectivity index is 2.04. The number of ether oxygens (including phenoxy) is 1. The molecule has 1 fully saturated rings. The molecule has 0 radical (unpaired) electrons. The molecule has 1 amide bonds. The maximum Gasteiger partial charge on any atom is 0.416 e. The third kappa shape index (κ3) is 4.46. The van der Waals surface area contributed by atoms with Crippen LogP contribution in [0.4, 0.5) is 13.2 Å². The van der Waals surface area contributed by atoms with Crippen molar-refractivity contribution in [1.82, 2.24) is 4.90 Å². The van der Waals surface area contributed by atoms with E-state index >= 15 is 0 Å². The van der Waals surface area contributed by atoms with Gasteiger partial charge in [0.2, 0.25) is 5.91 Å². The SMILES string of the molecule is CC(C)OC(=O)[C@H]1CC(=O)N(Cc2cccc(C(F)(F)F)c2)C1. The molecule has 1 aliphatic heterocycles. The van der Waals surface area contributed by atoms with Gasteiger partial charge in [0.25, 0.3) is 0 Å². The molecule has 0 unspecified atom stereocenters. The normalized spacial score (nSPS) is 18.6. The first-order valence-electron chi connectivity index (χ1n) is 7.31. The van der Waals surface area contributed by atoms with Gasteiger partial charge in [0.15, 0.2) is 0 Å². The third-order valence-electron chi connectivity index (χ3n) is 3.53. The summed E-state index contributed by atoms with van der Waals surface area (Å²) in [5.74, 6) is -1.26. The zero-order valence-electron chi connectivity index (χ0n) is 12.9. The van der Waals surface area contributed by atoms with Crippen LogP contribution in [0.3, 0.4) is 0 Å². The number of benzene rings is 1. The van der Waals surface area contributed by atoms with Crippen molar-refractivity contribution >= 4 is 11.9 Å². The summed E-state index contributed by atoms with van der Waals surface area (Å²) >= 11 is 0. The minimum atomic E-state index is -4.42. The molecule has 23 heavy (non-hydrogen) atoms. The van der Waals surface area contributed by atoms with E-state index in [2.05, 4.69) is 0 Å². The molecule has 7 heteroatoms. The number of hydrogen-bond acceptors (Lipinski definition) is 3. The quantitative estimate of drug-likeness (QED) is 0.798. The van der Waals surface area contributed by atoms with Gasteiger partial charge in [0.1, 0.15) is 0 Å². The molecular formula is C16H18F3NO3. The highest BCUT2D eigenvalue weighted by Gasteiger charge is 2.36. The van der Waals surface area contributed by atoms with Crippen molar-refractivity contribution in [1.29, 1.82) is 0 Å². The lowest BCUT2D eigenvalue weighted by atomic mass is 10.1. The minimum Gasteiger partial charge on any atom is -0.463 e. The van der Waals surface area contributed by atoms with E-state index in [-0.39, 0.29) is 31.5 Å². The predicted molar refractivity (Wildman–Crippen MR) is 76.2 cm³/mol. The van der Waals surface area contributed by atoms with Crippen molar-refractivity contribution in [2.45, 2.75) is 39.1 Å². The lowest BCUT2D eigenvalue weighted by molar-refractivity contribution is -0.152. The van der Waals surface area contributed by atoms with E-state index in [0.717, 1.165) is 12.1 Å². The highest BCUT2D eigenvalue weighted by molar-refractivity contribution is 5.86. The largest absolute Gasteiger partial charge is 0.463 e. The summed E-state index contributed by atoms with van der Waals surface area (Å²) in [6.45, 7) is 3.65. The molecule has 1 aromatic rings. The van der Waals surface area contributed by atoms with Crippen LogP contribution in [-0.2, 0) is 27.0 Å². The van der Waals surface area contributed by atoms with Crippen LogP contribution in [0.2, 0.25) is 0 Å². The van der Waals surface area contributed by atoms with Gasteiger partial charge in [-0.2, -0.15) is 13.2 Å². The lowest BCUT2D eigenvalue weighted by Crippen LogP contribution is -2.27. The molecule has 4 nitrogen and oxygen atoms in total. The molecule has 0 N–H and O–H groups in total. The highest BCUT2D eigenvalue weighted by atomic mass is 19.4. The van der Waals surface area contributed by atoms with Gasteiger partial charge < -0.3 is 9.64 Å². The third-order valence-corrected chi connectivity index (χ3v) is 3.53. The smallest absolute Gasteiger partial charge is 0.416 e. The Morgan fingerprint density at radius 2 is 2.09 bits per heavy atom. The standard InChI is InChI=1S/C16H18F3NO3/c1-10(2)23-15(22)12-7-14(21)20(9-12)8-11-4-3-5-13(6-11)16(17,18)19/h3-6,10,12H,7-9H2,1-2H3/t12-/m0/s1. The average molecular weight is 329 g/mol. The van der Waals surface area contributed by atoms with Gasteiger partial charge in [-0.3, -0.25) is 9.59 Å². The maximum absolute atomic E-state index is 12.7. The molecule has 0 bridgehead atoms. The Kier molecular flexibility index (Phi) is 4.97. The van der Waals surface area contributed by atoms with E-state index in [9.17, 15) is 22.8 Å². The summed E-state index contributed by atoms with van der Waals surface area (Å²) in [7, 11) is 0. The van der Waals surface area contributed by atoms with Gasteiger partial charge >= 0.3 is 12.1 Å². The molecule has 1 atom stereocenters. The van der Waals surface area contributed by atoms with Crippen LogP contribution in [0.15, 0.2) is 24.3 Å². The van der Waals surface area contributed by atoms with Crippen molar-refractivity contribution in [2.24, 2.45) is 5.92 Å². The number of halogens is 3. The topological polar surface area (TPSA) is 46.6 Å². The second-order valence-electron chi connectivity index (χ2n) is 5.86. The van der Waals surface area contributed by atoms with Crippen molar-refractivity contribution in [3.8, 4) is 0 Å². The number of carbonyl (C=O) groups is 2. The first-order chi connectivity index (χ1) is 10.7. The zero-order chi connectivity index (χ0) is 17.2. The van der Waals surface area contributed by atoms with E-state index in [1.165, 1.54) is 17.0 Å². The molecule has 1 saturated heterocycles. The zero-order valence-corrected chi connectivity index (χ0v) is 12.9. The number of amides is 1. The summed E-state index contributed by atoms with van der Waals surface area (Å²) in [5, 5.41) is 0. The van der Waals surface area contributed by atoms with Crippen LogP contribution in [0.5, 0.6) is 0 Å². The number of esters is 1. The first kappa shape index (κ1) is 17.3.